The third kappa shape index (κ3) is 9.68. The Balaban J connectivity index is 1.20. The van der Waals surface area contributed by atoms with Gasteiger partial charge in [0.05, 0.1) is 22.6 Å². The largest absolute Gasteiger partial charge is 0.494 e. The van der Waals surface area contributed by atoms with E-state index in [0.717, 1.165) is 32.4 Å². The highest BCUT2D eigenvalue weighted by molar-refractivity contribution is 8.01. The summed E-state index contributed by atoms with van der Waals surface area (Å²) < 4.78 is 7.62. The number of thioether (sulfide) groups is 1. The molecule has 0 aliphatic carbocycles. The van der Waals surface area contributed by atoms with E-state index in [1.165, 1.54) is 68.0 Å². The van der Waals surface area contributed by atoms with E-state index < -0.39 is 0 Å². The molecule has 8 heteroatoms. The maximum atomic E-state index is 12.8. The van der Waals surface area contributed by atoms with Crippen LogP contribution >= 0.6 is 23.1 Å². The maximum absolute atomic E-state index is 12.8. The number of nitrogens with one attached hydrogen (secondary N) is 2. The van der Waals surface area contributed by atoms with Crippen molar-refractivity contribution < 1.29 is 14.3 Å². The molecule has 0 spiro atoms. The molecule has 1 heterocycles. The molecule has 3 aromatic carbocycles. The van der Waals surface area contributed by atoms with E-state index in [-0.39, 0.29) is 17.6 Å². The van der Waals surface area contributed by atoms with Crippen molar-refractivity contribution in [2.24, 2.45) is 0 Å². The lowest BCUT2D eigenvalue weighted by Crippen LogP contribution is -2.13. The van der Waals surface area contributed by atoms with E-state index in [4.69, 9.17) is 4.74 Å². The Morgan fingerprint density at radius 1 is 0.825 bits per heavy atom. The predicted octanol–water partition coefficient (Wildman–Crippen LogP) is 8.80. The van der Waals surface area contributed by atoms with E-state index >= 15 is 0 Å². The normalized spacial score (nSPS) is 10.9. The minimum atomic E-state index is -0.175. The molecule has 2 amide bonds. The SMILES string of the molecule is CCCCCCCCCCOc1ccc(C(=O)Nc2ccc3nc(SCC(=O)Nc4ccccc4)sc3c2)cc1. The summed E-state index contributed by atoms with van der Waals surface area (Å²) in [4.78, 5) is 29.7. The average molecular weight is 576 g/mol. The van der Waals surface area contributed by atoms with Gasteiger partial charge >= 0.3 is 0 Å². The minimum absolute atomic E-state index is 0.0759. The number of nitrogens with zero attached hydrogens (tertiary/aromatic N) is 1. The van der Waals surface area contributed by atoms with Crippen LogP contribution in [0.2, 0.25) is 0 Å². The number of rotatable bonds is 16. The van der Waals surface area contributed by atoms with E-state index in [2.05, 4.69) is 22.5 Å². The topological polar surface area (TPSA) is 80.3 Å². The lowest BCUT2D eigenvalue weighted by Gasteiger charge is -2.08. The highest BCUT2D eigenvalue weighted by Crippen LogP contribution is 2.31. The summed E-state index contributed by atoms with van der Waals surface area (Å²) in [5.41, 5.74) is 2.89. The first-order valence-corrected chi connectivity index (χ1v) is 15.8. The van der Waals surface area contributed by atoms with Crippen molar-refractivity contribution in [2.45, 2.75) is 62.6 Å². The molecule has 40 heavy (non-hydrogen) atoms. The molecule has 4 aromatic rings. The summed E-state index contributed by atoms with van der Waals surface area (Å²) in [6, 6.07) is 22.3. The summed E-state index contributed by atoms with van der Waals surface area (Å²) >= 11 is 2.91. The molecule has 0 aliphatic heterocycles. The number of benzene rings is 3. The molecule has 0 aliphatic rings. The molecule has 4 rings (SSSR count). The molecule has 1 aromatic heterocycles. The molecule has 2 N–H and O–H groups in total. The summed E-state index contributed by atoms with van der Waals surface area (Å²) in [5.74, 6) is 0.809. The maximum Gasteiger partial charge on any atom is 0.255 e. The van der Waals surface area contributed by atoms with Crippen LogP contribution in [0.1, 0.15) is 68.6 Å². The van der Waals surface area contributed by atoms with Crippen LogP contribution in [-0.2, 0) is 4.79 Å². The second kappa shape index (κ2) is 16.0. The van der Waals surface area contributed by atoms with Crippen molar-refractivity contribution in [3.63, 3.8) is 0 Å². The smallest absolute Gasteiger partial charge is 0.255 e. The summed E-state index contributed by atoms with van der Waals surface area (Å²) in [6.45, 7) is 2.95. The summed E-state index contributed by atoms with van der Waals surface area (Å²) in [5, 5.41) is 5.85. The van der Waals surface area contributed by atoms with Crippen LogP contribution in [-0.4, -0.2) is 29.2 Å². The number of amides is 2. The highest BCUT2D eigenvalue weighted by atomic mass is 32.2. The Hall–Kier alpha value is -3.36. The molecule has 6 nitrogen and oxygen atoms in total. The van der Waals surface area contributed by atoms with E-state index in [0.29, 0.717) is 17.9 Å². The second-order valence-electron chi connectivity index (χ2n) is 9.67. The number of carbonyl (C=O) groups excluding carboxylic acids is 2. The van der Waals surface area contributed by atoms with Gasteiger partial charge in [-0.1, -0.05) is 81.8 Å². The zero-order valence-electron chi connectivity index (χ0n) is 23.0. The zero-order valence-corrected chi connectivity index (χ0v) is 24.6. The number of thiazole rings is 1. The van der Waals surface area contributed by atoms with Gasteiger partial charge < -0.3 is 15.4 Å². The number of fused-ring (bicyclic) bond motifs is 1. The summed E-state index contributed by atoms with van der Waals surface area (Å²) in [7, 11) is 0. The van der Waals surface area contributed by atoms with Gasteiger partial charge in [-0.05, 0) is 61.0 Å². The second-order valence-corrected chi connectivity index (χ2v) is 11.9. The third-order valence-electron chi connectivity index (χ3n) is 6.39. The minimum Gasteiger partial charge on any atom is -0.494 e. The molecule has 210 valence electrons. The molecule has 0 bridgehead atoms. The van der Waals surface area contributed by atoms with Crippen LogP contribution in [0.25, 0.3) is 10.2 Å². The van der Waals surface area contributed by atoms with Crippen molar-refractivity contribution in [3.05, 3.63) is 78.4 Å². The fourth-order valence-electron chi connectivity index (χ4n) is 4.22. The van der Waals surface area contributed by atoms with Crippen molar-refractivity contribution in [1.29, 1.82) is 0 Å². The number of hydrogen-bond donors (Lipinski definition) is 2. The van der Waals surface area contributed by atoms with Gasteiger partial charge in [0.25, 0.3) is 5.91 Å². The Labute approximate surface area is 244 Å². The average Bonchev–Trinajstić information content (AvgIpc) is 3.38. The lowest BCUT2D eigenvalue weighted by atomic mass is 10.1. The number of carbonyl (C=O) groups is 2. The molecule has 0 saturated carbocycles. The van der Waals surface area contributed by atoms with E-state index in [9.17, 15) is 9.59 Å². The van der Waals surface area contributed by atoms with Gasteiger partial charge in [0.2, 0.25) is 5.91 Å². The number of hydrogen-bond acceptors (Lipinski definition) is 6. The first-order chi connectivity index (χ1) is 19.6. The van der Waals surface area contributed by atoms with Gasteiger partial charge in [-0.3, -0.25) is 9.59 Å². The lowest BCUT2D eigenvalue weighted by molar-refractivity contribution is -0.113. The number of aromatic nitrogens is 1. The molecule has 0 atom stereocenters. The quantitative estimate of drug-likeness (QED) is 0.103. The number of ether oxygens (including phenoxy) is 1. The van der Waals surface area contributed by atoms with Crippen LogP contribution in [0.15, 0.2) is 77.1 Å². The first kappa shape index (κ1) is 29.6. The van der Waals surface area contributed by atoms with Gasteiger partial charge in [-0.25, -0.2) is 4.98 Å². The molecular weight excluding hydrogens is 539 g/mol. The van der Waals surface area contributed by atoms with Crippen LogP contribution in [0.3, 0.4) is 0 Å². The van der Waals surface area contributed by atoms with Gasteiger partial charge in [0, 0.05) is 16.9 Å². The molecule has 0 fully saturated rings. The van der Waals surface area contributed by atoms with E-state index in [1.54, 1.807) is 12.1 Å². The first-order valence-electron chi connectivity index (χ1n) is 14.0. The Bertz CT molecular complexity index is 1360. The van der Waals surface area contributed by atoms with Crippen molar-refractivity contribution in [2.75, 3.05) is 23.0 Å². The van der Waals surface area contributed by atoms with E-state index in [1.807, 2.05) is 60.7 Å². The number of unbranched alkanes of at least 4 members (excludes halogenated alkanes) is 7. The summed E-state index contributed by atoms with van der Waals surface area (Å²) in [6.07, 6.45) is 10.2. The number of anilines is 2. The fraction of sp³-hybridized carbons (Fsp3) is 0.344. The molecule has 0 radical (unpaired) electrons. The van der Waals surface area contributed by atoms with Gasteiger partial charge in [0.1, 0.15) is 5.75 Å². The Kier molecular flexibility index (Phi) is 11.9. The van der Waals surface area contributed by atoms with Crippen molar-refractivity contribution in [1.82, 2.24) is 4.98 Å². The third-order valence-corrected chi connectivity index (χ3v) is 8.56. The van der Waals surface area contributed by atoms with Crippen molar-refractivity contribution >= 4 is 56.5 Å². The van der Waals surface area contributed by atoms with Gasteiger partial charge in [-0.15, -0.1) is 11.3 Å². The Morgan fingerprint density at radius 3 is 2.30 bits per heavy atom. The van der Waals surface area contributed by atoms with Crippen LogP contribution < -0.4 is 15.4 Å². The molecule has 0 saturated heterocycles. The van der Waals surface area contributed by atoms with Crippen LogP contribution in [0.4, 0.5) is 11.4 Å². The fourth-order valence-corrected chi connectivity index (χ4v) is 6.13. The number of para-hydroxylation sites is 1. The monoisotopic (exact) mass is 575 g/mol. The predicted molar refractivity (Wildman–Crippen MR) is 168 cm³/mol. The van der Waals surface area contributed by atoms with Gasteiger partial charge in [-0.2, -0.15) is 0 Å². The standard InChI is InChI=1S/C32H37N3O3S2/c1-2-3-4-5-6-7-8-12-21-38-27-18-15-24(16-19-27)31(37)34-26-17-20-28-29(22-26)40-32(35-28)39-23-30(36)33-25-13-10-9-11-14-25/h9-11,13-20,22H,2-8,12,21,23H2,1H3,(H,33,36)(H,34,37). The molecular formula is C32H37N3O3S2. The highest BCUT2D eigenvalue weighted by Gasteiger charge is 2.11. The van der Waals surface area contributed by atoms with Gasteiger partial charge in [0.15, 0.2) is 4.34 Å². The molecule has 0 unspecified atom stereocenters. The van der Waals surface area contributed by atoms with Crippen LogP contribution in [0.5, 0.6) is 5.75 Å². The Morgan fingerprint density at radius 2 is 1.55 bits per heavy atom. The van der Waals surface area contributed by atoms with Crippen LogP contribution in [0, 0.1) is 0 Å². The zero-order chi connectivity index (χ0) is 28.0. The van der Waals surface area contributed by atoms with Crippen molar-refractivity contribution in [3.8, 4) is 5.75 Å².